The second kappa shape index (κ2) is 9.42. The fourth-order valence-corrected chi connectivity index (χ4v) is 6.71. The number of hydrogen-bond acceptors (Lipinski definition) is 5. The summed E-state index contributed by atoms with van der Waals surface area (Å²) in [5.74, 6) is 1.15. The summed E-state index contributed by atoms with van der Waals surface area (Å²) >= 11 is 3.66. The Balaban J connectivity index is 2.02. The number of allylic oxidation sites excluding steroid dienone is 4. The van der Waals surface area contributed by atoms with Crippen molar-refractivity contribution in [1.29, 1.82) is 0 Å². The van der Waals surface area contributed by atoms with Gasteiger partial charge in [-0.05, 0) is 70.6 Å². The van der Waals surface area contributed by atoms with Crippen LogP contribution in [0.25, 0.3) is 0 Å². The normalized spacial score (nSPS) is 21.8. The molecule has 0 saturated carbocycles. The Morgan fingerprint density at radius 1 is 0.943 bits per heavy atom. The Morgan fingerprint density at radius 2 is 1.49 bits per heavy atom. The highest BCUT2D eigenvalue weighted by Crippen LogP contribution is 2.55. The molecular formula is C29H38BrNO4. The second-order valence-electron chi connectivity index (χ2n) is 11.7. The van der Waals surface area contributed by atoms with Gasteiger partial charge in [0, 0.05) is 47.8 Å². The van der Waals surface area contributed by atoms with Crippen molar-refractivity contribution in [3.05, 3.63) is 44.7 Å². The third kappa shape index (κ3) is 4.71. The first-order valence-electron chi connectivity index (χ1n) is 12.7. The molecule has 0 aromatic heterocycles. The van der Waals surface area contributed by atoms with E-state index in [2.05, 4.69) is 55.4 Å². The van der Waals surface area contributed by atoms with E-state index in [1.807, 2.05) is 19.1 Å². The fraction of sp³-hybridized carbons (Fsp3) is 0.586. The Hall–Kier alpha value is -2.08. The van der Waals surface area contributed by atoms with Gasteiger partial charge in [-0.3, -0.25) is 9.59 Å². The molecule has 0 unspecified atom stereocenters. The average Bonchev–Trinajstić information content (AvgIpc) is 2.73. The minimum atomic E-state index is -0.387. The number of Topliss-reactive ketones (excluding diaryl/α,β-unsaturated/α-hetero) is 2. The summed E-state index contributed by atoms with van der Waals surface area (Å²) in [6.45, 7) is 14.1. The van der Waals surface area contributed by atoms with Crippen LogP contribution in [0.1, 0.15) is 85.1 Å². The Kier molecular flexibility index (Phi) is 7.00. The summed E-state index contributed by atoms with van der Waals surface area (Å²) in [6, 6.07) is 3.96. The molecule has 4 rings (SSSR count). The van der Waals surface area contributed by atoms with Gasteiger partial charge in [0.25, 0.3) is 0 Å². The largest absolute Gasteiger partial charge is 0.492 e. The van der Waals surface area contributed by atoms with Crippen molar-refractivity contribution in [2.75, 3.05) is 20.3 Å². The molecule has 190 valence electrons. The molecule has 1 heterocycles. The number of rotatable bonds is 6. The molecule has 1 aromatic rings. The van der Waals surface area contributed by atoms with E-state index in [1.165, 1.54) is 0 Å². The Labute approximate surface area is 218 Å². The first-order valence-corrected chi connectivity index (χ1v) is 13.5. The van der Waals surface area contributed by atoms with Gasteiger partial charge in [-0.15, -0.1) is 0 Å². The van der Waals surface area contributed by atoms with Crippen LogP contribution in [0.2, 0.25) is 0 Å². The van der Waals surface area contributed by atoms with Crippen molar-refractivity contribution in [1.82, 2.24) is 4.90 Å². The molecule has 0 atom stereocenters. The van der Waals surface area contributed by atoms with E-state index in [-0.39, 0.29) is 28.3 Å². The van der Waals surface area contributed by atoms with Crippen molar-refractivity contribution in [3.8, 4) is 11.5 Å². The van der Waals surface area contributed by atoms with Crippen LogP contribution in [0, 0.1) is 10.8 Å². The van der Waals surface area contributed by atoms with E-state index >= 15 is 0 Å². The molecule has 0 radical (unpaired) electrons. The molecule has 0 spiro atoms. The van der Waals surface area contributed by atoms with E-state index in [1.54, 1.807) is 7.11 Å². The lowest BCUT2D eigenvalue weighted by Gasteiger charge is -2.49. The molecular weight excluding hydrogens is 506 g/mol. The monoisotopic (exact) mass is 543 g/mol. The standard InChI is InChI=1S/C29H38BrNO4/c1-8-10-31-19-13-28(3,4)15-21(32)25(19)24(26-20(31)14-29(5,6)16-22(26)33)17-11-18(30)27(34-7)23(12-17)35-9-2/h11-12,24H,8-10,13-16H2,1-7H3. The topological polar surface area (TPSA) is 55.8 Å². The summed E-state index contributed by atoms with van der Waals surface area (Å²) in [5.41, 5.74) is 4.47. The quantitative estimate of drug-likeness (QED) is 0.388. The predicted octanol–water partition coefficient (Wildman–Crippen LogP) is 6.95. The van der Waals surface area contributed by atoms with Gasteiger partial charge in [0.15, 0.2) is 23.1 Å². The fourth-order valence-electron chi connectivity index (χ4n) is 6.09. The molecule has 5 nitrogen and oxygen atoms in total. The van der Waals surface area contributed by atoms with Gasteiger partial charge in [-0.25, -0.2) is 0 Å². The van der Waals surface area contributed by atoms with Crippen LogP contribution >= 0.6 is 15.9 Å². The van der Waals surface area contributed by atoms with Crippen LogP contribution in [0.3, 0.4) is 0 Å². The number of benzene rings is 1. The number of methoxy groups -OCH3 is 1. The lowest BCUT2D eigenvalue weighted by Crippen LogP contribution is -2.44. The predicted molar refractivity (Wildman–Crippen MR) is 142 cm³/mol. The third-order valence-corrected chi connectivity index (χ3v) is 7.93. The van der Waals surface area contributed by atoms with E-state index in [0.717, 1.165) is 58.4 Å². The summed E-state index contributed by atoms with van der Waals surface area (Å²) in [5, 5.41) is 0. The molecule has 0 fully saturated rings. The lowest BCUT2D eigenvalue weighted by molar-refractivity contribution is -0.119. The number of ketones is 2. The highest BCUT2D eigenvalue weighted by molar-refractivity contribution is 9.10. The first-order chi connectivity index (χ1) is 16.4. The van der Waals surface area contributed by atoms with E-state index in [9.17, 15) is 9.59 Å². The van der Waals surface area contributed by atoms with Crippen molar-refractivity contribution in [3.63, 3.8) is 0 Å². The van der Waals surface area contributed by atoms with Gasteiger partial charge in [0.1, 0.15) is 0 Å². The molecule has 1 aliphatic heterocycles. The van der Waals surface area contributed by atoms with Gasteiger partial charge in [0.05, 0.1) is 18.2 Å². The number of nitrogens with zero attached hydrogens (tertiary/aromatic N) is 1. The second-order valence-corrected chi connectivity index (χ2v) is 12.5. The molecule has 1 aromatic carbocycles. The van der Waals surface area contributed by atoms with Crippen molar-refractivity contribution in [2.24, 2.45) is 10.8 Å². The number of halogens is 1. The molecule has 6 heteroatoms. The summed E-state index contributed by atoms with van der Waals surface area (Å²) < 4.78 is 12.3. The molecule has 0 saturated heterocycles. The molecule has 3 aliphatic rings. The number of carbonyl (C=O) groups excluding carboxylic acids is 2. The van der Waals surface area contributed by atoms with Gasteiger partial charge in [-0.2, -0.15) is 0 Å². The number of carbonyl (C=O) groups is 2. The summed E-state index contributed by atoms with van der Waals surface area (Å²) in [6.07, 6.45) is 3.57. The Bertz CT molecular complexity index is 1070. The van der Waals surface area contributed by atoms with Crippen LogP contribution < -0.4 is 9.47 Å². The molecule has 35 heavy (non-hydrogen) atoms. The van der Waals surface area contributed by atoms with Gasteiger partial charge in [0.2, 0.25) is 0 Å². The zero-order valence-electron chi connectivity index (χ0n) is 22.1. The van der Waals surface area contributed by atoms with Crippen molar-refractivity contribution >= 4 is 27.5 Å². The van der Waals surface area contributed by atoms with Gasteiger partial charge >= 0.3 is 0 Å². The highest BCUT2D eigenvalue weighted by Gasteiger charge is 2.49. The number of ether oxygens (including phenoxy) is 2. The minimum Gasteiger partial charge on any atom is -0.492 e. The summed E-state index contributed by atoms with van der Waals surface area (Å²) in [7, 11) is 1.62. The van der Waals surface area contributed by atoms with Crippen LogP contribution in [-0.2, 0) is 9.59 Å². The van der Waals surface area contributed by atoms with Gasteiger partial charge < -0.3 is 14.4 Å². The van der Waals surface area contributed by atoms with Crippen molar-refractivity contribution in [2.45, 2.75) is 79.6 Å². The maximum Gasteiger partial charge on any atom is 0.174 e. The lowest BCUT2D eigenvalue weighted by atomic mass is 9.63. The zero-order valence-corrected chi connectivity index (χ0v) is 23.7. The summed E-state index contributed by atoms with van der Waals surface area (Å²) in [4.78, 5) is 30.0. The van der Waals surface area contributed by atoms with Crippen molar-refractivity contribution < 1.29 is 19.1 Å². The smallest absolute Gasteiger partial charge is 0.174 e. The minimum absolute atomic E-state index is 0.115. The van der Waals surface area contributed by atoms with Gasteiger partial charge in [-0.1, -0.05) is 34.6 Å². The van der Waals surface area contributed by atoms with E-state index < -0.39 is 0 Å². The molecule has 0 amide bonds. The van der Waals surface area contributed by atoms with Crippen LogP contribution in [0.15, 0.2) is 39.1 Å². The van der Waals surface area contributed by atoms with E-state index in [4.69, 9.17) is 9.47 Å². The molecule has 0 N–H and O–H groups in total. The maximum absolute atomic E-state index is 13.8. The first kappa shape index (κ1) is 26.0. The van der Waals surface area contributed by atoms with Crippen LogP contribution in [0.4, 0.5) is 0 Å². The maximum atomic E-state index is 13.8. The average molecular weight is 545 g/mol. The number of hydrogen-bond donors (Lipinski definition) is 0. The molecule has 0 bridgehead atoms. The molecule has 2 aliphatic carbocycles. The highest BCUT2D eigenvalue weighted by atomic mass is 79.9. The zero-order chi connectivity index (χ0) is 25.7. The van der Waals surface area contributed by atoms with Crippen LogP contribution in [-0.4, -0.2) is 36.7 Å². The Morgan fingerprint density at radius 3 is 1.94 bits per heavy atom. The SMILES string of the molecule is CCCN1C2=C(C(=O)CC(C)(C)C2)C(c2cc(Br)c(OC)c(OCC)c2)C2=C1CC(C)(C)CC2=O. The van der Waals surface area contributed by atoms with E-state index in [0.29, 0.717) is 30.9 Å². The third-order valence-electron chi connectivity index (χ3n) is 7.34. The van der Waals surface area contributed by atoms with Crippen LogP contribution in [0.5, 0.6) is 11.5 Å².